The predicted molar refractivity (Wildman–Crippen MR) is 145 cm³/mol. The van der Waals surface area contributed by atoms with E-state index in [2.05, 4.69) is 9.98 Å². The molecule has 2 heterocycles. The fourth-order valence-corrected chi connectivity index (χ4v) is 4.78. The Morgan fingerprint density at radius 3 is 2.68 bits per heavy atom. The van der Waals surface area contributed by atoms with Crippen molar-refractivity contribution in [3.05, 3.63) is 115 Å². The summed E-state index contributed by atoms with van der Waals surface area (Å²) in [7, 11) is -1.54. The number of aromatic amines is 1. The number of hydrogen-bond donors (Lipinski definition) is 1. The fraction of sp³-hybridized carbons (Fsp3) is 0.222. The molecule has 0 saturated carbocycles. The molecule has 3 aromatic rings. The zero-order valence-corrected chi connectivity index (χ0v) is 22.3. The van der Waals surface area contributed by atoms with Crippen LogP contribution in [0.15, 0.2) is 74.4 Å². The van der Waals surface area contributed by atoms with E-state index in [1.54, 1.807) is 39.0 Å². The maximum Gasteiger partial charge on any atom is 0.273 e. The smallest absolute Gasteiger partial charge is 0.273 e. The van der Waals surface area contributed by atoms with Crippen molar-refractivity contribution in [1.82, 2.24) is 9.55 Å². The van der Waals surface area contributed by atoms with Gasteiger partial charge in [-0.25, -0.2) is 8.78 Å². The molecule has 0 radical (unpaired) electrons. The van der Waals surface area contributed by atoms with Gasteiger partial charge in [-0.2, -0.15) is 0 Å². The molecule has 1 aromatic carbocycles. The van der Waals surface area contributed by atoms with Gasteiger partial charge in [0.2, 0.25) is 0 Å². The van der Waals surface area contributed by atoms with Crippen molar-refractivity contribution in [3.63, 3.8) is 0 Å². The van der Waals surface area contributed by atoms with Crippen molar-refractivity contribution in [2.75, 3.05) is 6.26 Å². The molecule has 0 bridgehead atoms. The summed E-state index contributed by atoms with van der Waals surface area (Å²) in [5.41, 5.74) is 0.722. The summed E-state index contributed by atoms with van der Waals surface area (Å²) in [4.78, 5) is 31.9. The van der Waals surface area contributed by atoms with Gasteiger partial charge in [-0.1, -0.05) is 30.7 Å². The molecule has 2 unspecified atom stereocenters. The van der Waals surface area contributed by atoms with Crippen molar-refractivity contribution in [2.24, 2.45) is 4.99 Å². The average Bonchev–Trinajstić information content (AvgIpc) is 2.85. The maximum absolute atomic E-state index is 15.1. The lowest BCUT2D eigenvalue weighted by Gasteiger charge is -2.16. The van der Waals surface area contributed by atoms with Gasteiger partial charge in [-0.3, -0.25) is 23.4 Å². The highest BCUT2D eigenvalue weighted by Gasteiger charge is 2.18. The summed E-state index contributed by atoms with van der Waals surface area (Å²) in [6.45, 7) is 5.25. The number of rotatable bonds is 8. The first-order valence-corrected chi connectivity index (χ1v) is 13.3. The molecule has 0 spiro atoms. The lowest BCUT2D eigenvalue weighted by atomic mass is 9.94. The van der Waals surface area contributed by atoms with Crippen LogP contribution < -0.4 is 11.1 Å². The van der Waals surface area contributed by atoms with Crippen molar-refractivity contribution in [1.29, 1.82) is 0 Å². The number of halogens is 3. The topological polar surface area (TPSA) is 84.3 Å². The molecule has 10 heteroatoms. The summed E-state index contributed by atoms with van der Waals surface area (Å²) in [6, 6.07) is 7.42. The number of pyridine rings is 2. The summed E-state index contributed by atoms with van der Waals surface area (Å²) >= 11 is 6.44. The van der Waals surface area contributed by atoms with Gasteiger partial charge in [0.05, 0.1) is 21.4 Å². The average molecular weight is 546 g/mol. The molecule has 0 fully saturated rings. The van der Waals surface area contributed by atoms with Gasteiger partial charge >= 0.3 is 0 Å². The van der Waals surface area contributed by atoms with Crippen molar-refractivity contribution in [3.8, 4) is 0 Å². The van der Waals surface area contributed by atoms with Gasteiger partial charge < -0.3 is 4.98 Å². The molecule has 0 aliphatic carbocycles. The van der Waals surface area contributed by atoms with Crippen molar-refractivity contribution >= 4 is 34.3 Å². The SMILES string of the molecule is C/C=C/N=C(/C=C/n1c(C)cc(C(C)Cc2cc(F)c[nH]c2=O)c(Cl)c1=O)c1cccc(S(C)=O)c1F. The van der Waals surface area contributed by atoms with E-state index in [-0.39, 0.29) is 39.1 Å². The van der Waals surface area contributed by atoms with E-state index < -0.39 is 33.6 Å². The number of benzene rings is 1. The molecule has 2 aromatic heterocycles. The van der Waals surface area contributed by atoms with Crippen LogP contribution in [0.3, 0.4) is 0 Å². The minimum atomic E-state index is -1.54. The highest BCUT2D eigenvalue weighted by atomic mass is 35.5. The molecule has 37 heavy (non-hydrogen) atoms. The Balaban J connectivity index is 2.01. The first-order chi connectivity index (χ1) is 17.5. The molecule has 2 atom stereocenters. The van der Waals surface area contributed by atoms with Crippen LogP contribution in [-0.4, -0.2) is 25.7 Å². The highest BCUT2D eigenvalue weighted by Crippen LogP contribution is 2.26. The monoisotopic (exact) mass is 545 g/mol. The normalized spacial score (nSPS) is 14.0. The highest BCUT2D eigenvalue weighted by molar-refractivity contribution is 7.84. The Morgan fingerprint density at radius 1 is 1.27 bits per heavy atom. The number of hydrogen-bond acceptors (Lipinski definition) is 4. The minimum absolute atomic E-state index is 0.0444. The van der Waals surface area contributed by atoms with Gasteiger partial charge in [0, 0.05) is 41.7 Å². The maximum atomic E-state index is 15.1. The molecule has 1 N–H and O–H groups in total. The zero-order valence-electron chi connectivity index (χ0n) is 20.7. The molecule has 3 rings (SSSR count). The van der Waals surface area contributed by atoms with Gasteiger partial charge in [-0.15, -0.1) is 0 Å². The number of allylic oxidation sites excluding steroid dienone is 2. The number of aryl methyl sites for hydroxylation is 1. The van der Waals surface area contributed by atoms with Gasteiger partial charge in [0.15, 0.2) is 0 Å². The molecule has 0 aliphatic heterocycles. The molecular weight excluding hydrogens is 520 g/mol. The van der Waals surface area contributed by atoms with Crippen LogP contribution in [0.25, 0.3) is 6.20 Å². The third-order valence-electron chi connectivity index (χ3n) is 5.70. The van der Waals surface area contributed by atoms with Crippen LogP contribution in [-0.2, 0) is 17.2 Å². The van der Waals surface area contributed by atoms with Crippen LogP contribution in [0.5, 0.6) is 0 Å². The second-order valence-corrected chi connectivity index (χ2v) is 10.1. The van der Waals surface area contributed by atoms with Crippen LogP contribution in [0.4, 0.5) is 8.78 Å². The Kier molecular flexibility index (Phi) is 9.29. The summed E-state index contributed by atoms with van der Waals surface area (Å²) in [5.74, 6) is -1.57. The first kappa shape index (κ1) is 28.1. The zero-order chi connectivity index (χ0) is 27.3. The third-order valence-corrected chi connectivity index (χ3v) is 7.01. The molecule has 6 nitrogen and oxygen atoms in total. The quantitative estimate of drug-likeness (QED) is 0.387. The predicted octanol–water partition coefficient (Wildman–Crippen LogP) is 5.35. The first-order valence-electron chi connectivity index (χ1n) is 11.3. The van der Waals surface area contributed by atoms with E-state index in [9.17, 15) is 18.2 Å². The Labute approximate surface area is 220 Å². The number of aromatic nitrogens is 2. The lowest BCUT2D eigenvalue weighted by Crippen LogP contribution is -2.22. The molecule has 194 valence electrons. The molecule has 0 aliphatic rings. The van der Waals surface area contributed by atoms with Crippen LogP contribution >= 0.6 is 11.6 Å². The van der Waals surface area contributed by atoms with E-state index in [1.807, 2.05) is 0 Å². The van der Waals surface area contributed by atoms with Crippen LogP contribution in [0, 0.1) is 18.6 Å². The largest absolute Gasteiger partial charge is 0.326 e. The lowest BCUT2D eigenvalue weighted by molar-refractivity contribution is 0.594. The third kappa shape index (κ3) is 6.47. The number of aliphatic imine (C=N–C) groups is 1. The minimum Gasteiger partial charge on any atom is -0.326 e. The second kappa shape index (κ2) is 12.2. The molecule has 0 saturated heterocycles. The summed E-state index contributed by atoms with van der Waals surface area (Å²) in [5, 5.41) is -0.0444. The number of H-pyrrole nitrogens is 1. The van der Waals surface area contributed by atoms with E-state index in [1.165, 1.54) is 41.4 Å². The number of nitrogens with one attached hydrogen (secondary N) is 1. The number of nitrogens with zero attached hydrogens (tertiary/aromatic N) is 2. The molecular formula is C27H26ClF2N3O3S. The molecule has 0 amide bonds. The summed E-state index contributed by atoms with van der Waals surface area (Å²) in [6.07, 6.45) is 8.61. The van der Waals surface area contributed by atoms with Gasteiger partial charge in [0.25, 0.3) is 11.1 Å². The van der Waals surface area contributed by atoms with Crippen LogP contribution in [0.2, 0.25) is 5.02 Å². The van der Waals surface area contributed by atoms with E-state index in [0.717, 1.165) is 12.3 Å². The van der Waals surface area contributed by atoms with Crippen molar-refractivity contribution < 1.29 is 13.0 Å². The van der Waals surface area contributed by atoms with Gasteiger partial charge in [-0.05, 0) is 62.1 Å². The van der Waals surface area contributed by atoms with E-state index in [0.29, 0.717) is 11.3 Å². The Hall–Kier alpha value is -3.43. The second-order valence-electron chi connectivity index (χ2n) is 8.39. The van der Waals surface area contributed by atoms with Crippen molar-refractivity contribution in [2.45, 2.75) is 38.0 Å². The Bertz CT molecular complexity index is 1560. The fourth-order valence-electron chi connectivity index (χ4n) is 3.82. The summed E-state index contributed by atoms with van der Waals surface area (Å²) < 4.78 is 41.8. The van der Waals surface area contributed by atoms with Gasteiger partial charge in [0.1, 0.15) is 16.7 Å². The Morgan fingerprint density at radius 2 is 2.00 bits per heavy atom. The van der Waals surface area contributed by atoms with E-state index >= 15 is 4.39 Å². The standard InChI is InChI=1S/C27H26ClF2N3O3S/c1-5-10-31-22(20-7-6-8-23(25(20)30)37(4)36)9-11-33-17(3)13-21(24(28)27(33)35)16(2)12-18-14-19(29)15-32-26(18)34/h5-11,13-16H,12H2,1-4H3,(H,32,34)/b10-5+,11-9+,31-22-. The van der Waals surface area contributed by atoms with Crippen LogP contribution in [0.1, 0.15) is 42.1 Å². The van der Waals surface area contributed by atoms with E-state index in [4.69, 9.17) is 11.6 Å².